The van der Waals surface area contributed by atoms with Crippen molar-refractivity contribution in [3.05, 3.63) is 51.4 Å². The number of anilines is 1. The van der Waals surface area contributed by atoms with E-state index in [1.54, 1.807) is 0 Å². The molecule has 0 spiro atoms. The molecule has 1 fully saturated rings. The Morgan fingerprint density at radius 2 is 2.04 bits per heavy atom. The molecule has 0 radical (unpaired) electrons. The first-order valence-electron chi connectivity index (χ1n) is 9.53. The number of hydrogen-bond acceptors (Lipinski definition) is 5. The van der Waals surface area contributed by atoms with Gasteiger partial charge in [0.15, 0.2) is 0 Å². The van der Waals surface area contributed by atoms with Gasteiger partial charge in [0.2, 0.25) is 5.91 Å². The number of benzene rings is 1. The molecule has 0 saturated heterocycles. The molecule has 0 bridgehead atoms. The van der Waals surface area contributed by atoms with E-state index in [1.165, 1.54) is 47.9 Å². The number of carbonyl (C=O) groups excluding carboxylic acids is 1. The molecule has 4 rings (SSSR count). The predicted molar refractivity (Wildman–Crippen MR) is 117 cm³/mol. The van der Waals surface area contributed by atoms with E-state index in [4.69, 9.17) is 0 Å². The average Bonchev–Trinajstić information content (AvgIpc) is 3.28. The molecule has 3 aromatic rings. The molecule has 0 aliphatic heterocycles. The van der Waals surface area contributed by atoms with E-state index >= 15 is 0 Å². The number of nitrogens with zero attached hydrogens (tertiary/aromatic N) is 2. The number of aromatic nitrogens is 2. The van der Waals surface area contributed by atoms with E-state index in [0.29, 0.717) is 10.6 Å². The predicted octanol–water partition coefficient (Wildman–Crippen LogP) is 4.75. The molecule has 1 aromatic carbocycles. The van der Waals surface area contributed by atoms with Crippen LogP contribution in [0.2, 0.25) is 0 Å². The second kappa shape index (κ2) is 8.09. The first-order chi connectivity index (χ1) is 13.5. The first kappa shape index (κ1) is 19.2. The quantitative estimate of drug-likeness (QED) is 0.656. The lowest BCUT2D eigenvalue weighted by Crippen LogP contribution is -2.28. The maximum Gasteiger partial charge on any atom is 0.262 e. The van der Waals surface area contributed by atoms with Crippen molar-refractivity contribution in [1.29, 1.82) is 0 Å². The van der Waals surface area contributed by atoms with E-state index < -0.39 is 0 Å². The summed E-state index contributed by atoms with van der Waals surface area (Å²) in [5.41, 5.74) is 1.61. The Balaban J connectivity index is 1.52. The van der Waals surface area contributed by atoms with Crippen molar-refractivity contribution in [2.24, 2.45) is 0 Å². The number of thiophene rings is 1. The molecule has 1 amide bonds. The summed E-state index contributed by atoms with van der Waals surface area (Å²) < 4.78 is 1.39. The minimum Gasteiger partial charge on any atom is -0.324 e. The van der Waals surface area contributed by atoms with Gasteiger partial charge in [0.25, 0.3) is 5.56 Å². The third-order valence-electron chi connectivity index (χ3n) is 5.23. The number of thioether (sulfide) groups is 1. The molecule has 146 valence electrons. The van der Waals surface area contributed by atoms with Gasteiger partial charge >= 0.3 is 0 Å². The van der Waals surface area contributed by atoms with E-state index in [1.807, 2.05) is 43.8 Å². The molecule has 1 aliphatic rings. The normalized spacial score (nSPS) is 14.6. The summed E-state index contributed by atoms with van der Waals surface area (Å²) in [6, 6.07) is 7.89. The molecule has 2 aromatic heterocycles. The minimum absolute atomic E-state index is 0.0431. The van der Waals surface area contributed by atoms with Crippen LogP contribution in [0.1, 0.15) is 36.1 Å². The Morgan fingerprint density at radius 1 is 1.29 bits per heavy atom. The van der Waals surface area contributed by atoms with E-state index in [-0.39, 0.29) is 18.0 Å². The van der Waals surface area contributed by atoms with E-state index in [0.717, 1.165) is 25.9 Å². The fraction of sp³-hybridized carbons (Fsp3) is 0.381. The lowest BCUT2D eigenvalue weighted by Gasteiger charge is -2.14. The van der Waals surface area contributed by atoms with Crippen LogP contribution in [0.25, 0.3) is 10.2 Å². The number of hydrogen-bond donors (Lipinski definition) is 1. The highest BCUT2D eigenvalue weighted by Crippen LogP contribution is 2.38. The maximum atomic E-state index is 12.8. The molecule has 1 saturated carbocycles. The van der Waals surface area contributed by atoms with Gasteiger partial charge in [0.1, 0.15) is 11.4 Å². The zero-order chi connectivity index (χ0) is 19.7. The monoisotopic (exact) mass is 413 g/mol. The van der Waals surface area contributed by atoms with Gasteiger partial charge in [-0.1, -0.05) is 25.0 Å². The molecule has 2 heterocycles. The smallest absolute Gasteiger partial charge is 0.262 e. The summed E-state index contributed by atoms with van der Waals surface area (Å²) in [6.45, 7) is 3.87. The Kier molecular flexibility index (Phi) is 5.55. The van der Waals surface area contributed by atoms with Crippen LogP contribution in [0.4, 0.5) is 5.69 Å². The van der Waals surface area contributed by atoms with Gasteiger partial charge in [-0.15, -0.1) is 23.1 Å². The Labute approximate surface area is 172 Å². The van der Waals surface area contributed by atoms with Crippen molar-refractivity contribution in [1.82, 2.24) is 9.55 Å². The van der Waals surface area contributed by atoms with Gasteiger partial charge in [-0.3, -0.25) is 14.2 Å². The number of para-hydroxylation sites is 1. The highest BCUT2D eigenvalue weighted by atomic mass is 32.2. The summed E-state index contributed by atoms with van der Waals surface area (Å²) >= 11 is 3.35. The number of rotatable bonds is 5. The second-order valence-corrected chi connectivity index (χ2v) is 9.76. The van der Waals surface area contributed by atoms with Crippen LogP contribution in [0.5, 0.6) is 0 Å². The number of amides is 1. The summed E-state index contributed by atoms with van der Waals surface area (Å²) in [5.74, 6) is -0.215. The van der Waals surface area contributed by atoms with Gasteiger partial charge in [0.05, 0.1) is 17.4 Å². The third kappa shape index (κ3) is 3.86. The highest BCUT2D eigenvalue weighted by Gasteiger charge is 2.19. The van der Waals surface area contributed by atoms with Gasteiger partial charge < -0.3 is 5.32 Å². The van der Waals surface area contributed by atoms with Crippen LogP contribution in [0, 0.1) is 13.8 Å². The van der Waals surface area contributed by atoms with Crippen LogP contribution in [0.15, 0.2) is 40.3 Å². The van der Waals surface area contributed by atoms with Crippen molar-refractivity contribution in [2.45, 2.75) is 56.2 Å². The molecule has 5 nitrogen and oxygen atoms in total. The van der Waals surface area contributed by atoms with Crippen molar-refractivity contribution in [3.8, 4) is 0 Å². The molecular formula is C21H23N3O2S2. The maximum absolute atomic E-state index is 12.8. The molecule has 0 atom stereocenters. The fourth-order valence-corrected chi connectivity index (χ4v) is 5.90. The van der Waals surface area contributed by atoms with Crippen molar-refractivity contribution in [2.75, 3.05) is 5.32 Å². The molecule has 7 heteroatoms. The Hall–Kier alpha value is -2.12. The summed E-state index contributed by atoms with van der Waals surface area (Å²) in [4.78, 5) is 32.7. The molecule has 1 N–H and O–H groups in total. The highest BCUT2D eigenvalue weighted by molar-refractivity contribution is 8.00. The third-order valence-corrected chi connectivity index (χ3v) is 7.76. The Bertz CT molecular complexity index is 1080. The lowest BCUT2D eigenvalue weighted by molar-refractivity contribution is -0.116. The van der Waals surface area contributed by atoms with Crippen LogP contribution < -0.4 is 10.9 Å². The standard InChI is InChI=1S/C21H23N3O2S2/c1-13-14(2)27-20-19(13)21(26)24(12-22-20)11-18(25)23-16-9-5-6-10-17(16)28-15-7-3-4-8-15/h5-6,9-10,12,15H,3-4,7-8,11H2,1-2H3,(H,23,25). The largest absolute Gasteiger partial charge is 0.324 e. The number of aryl methyl sites for hydroxylation is 2. The zero-order valence-electron chi connectivity index (χ0n) is 16.0. The van der Waals surface area contributed by atoms with Crippen LogP contribution in [-0.2, 0) is 11.3 Å². The topological polar surface area (TPSA) is 64.0 Å². The summed E-state index contributed by atoms with van der Waals surface area (Å²) in [5, 5.41) is 4.23. The SMILES string of the molecule is Cc1sc2ncn(CC(=O)Nc3ccccc3SC3CCCC3)c(=O)c2c1C. The summed E-state index contributed by atoms with van der Waals surface area (Å²) in [6.07, 6.45) is 6.50. The van der Waals surface area contributed by atoms with Gasteiger partial charge in [-0.2, -0.15) is 0 Å². The van der Waals surface area contributed by atoms with Gasteiger partial charge in [-0.05, 0) is 44.4 Å². The molecule has 0 unspecified atom stereocenters. The molecule has 28 heavy (non-hydrogen) atoms. The van der Waals surface area contributed by atoms with Gasteiger partial charge in [0, 0.05) is 15.0 Å². The fourth-order valence-electron chi connectivity index (χ4n) is 3.59. The Morgan fingerprint density at radius 3 is 2.82 bits per heavy atom. The first-order valence-corrected chi connectivity index (χ1v) is 11.2. The number of nitrogens with one attached hydrogen (secondary N) is 1. The lowest BCUT2D eigenvalue weighted by atomic mass is 10.2. The number of carbonyl (C=O) groups is 1. The second-order valence-electron chi connectivity index (χ2n) is 7.21. The van der Waals surface area contributed by atoms with Gasteiger partial charge in [-0.25, -0.2) is 4.98 Å². The number of fused-ring (bicyclic) bond motifs is 1. The van der Waals surface area contributed by atoms with Crippen LogP contribution in [0.3, 0.4) is 0 Å². The van der Waals surface area contributed by atoms with E-state index in [2.05, 4.69) is 16.4 Å². The molecule has 1 aliphatic carbocycles. The van der Waals surface area contributed by atoms with Crippen molar-refractivity contribution < 1.29 is 4.79 Å². The van der Waals surface area contributed by atoms with Crippen LogP contribution >= 0.6 is 23.1 Å². The molecular weight excluding hydrogens is 390 g/mol. The zero-order valence-corrected chi connectivity index (χ0v) is 17.7. The average molecular weight is 414 g/mol. The summed E-state index contributed by atoms with van der Waals surface area (Å²) in [7, 11) is 0. The van der Waals surface area contributed by atoms with Crippen LogP contribution in [-0.4, -0.2) is 20.7 Å². The minimum atomic E-state index is -0.215. The van der Waals surface area contributed by atoms with Crippen molar-refractivity contribution >= 4 is 44.9 Å². The van der Waals surface area contributed by atoms with E-state index in [9.17, 15) is 9.59 Å². The van der Waals surface area contributed by atoms with Crippen molar-refractivity contribution in [3.63, 3.8) is 0 Å².